The Morgan fingerprint density at radius 1 is 0.457 bits per heavy atom. The van der Waals surface area contributed by atoms with Crippen LogP contribution < -0.4 is 30.2 Å². The van der Waals surface area contributed by atoms with E-state index >= 15 is 0 Å². The van der Waals surface area contributed by atoms with Crippen LogP contribution in [0.25, 0.3) is 50.7 Å². The summed E-state index contributed by atoms with van der Waals surface area (Å²) in [5, 5.41) is 34.1. The Labute approximate surface area is 600 Å². The lowest BCUT2D eigenvalue weighted by atomic mass is 10.1. The molecule has 9 aromatic heterocycles. The maximum absolute atomic E-state index is 13.2. The number of alkyl halides is 6. The fourth-order valence-corrected chi connectivity index (χ4v) is 12.6. The number of halogens is 6. The third-order valence-corrected chi connectivity index (χ3v) is 18.3. The van der Waals surface area contributed by atoms with Gasteiger partial charge in [0.05, 0.1) is 74.1 Å². The van der Waals surface area contributed by atoms with Crippen molar-refractivity contribution in [3.63, 3.8) is 0 Å². The third kappa shape index (κ3) is 15.5. The number of fused-ring (bicyclic) bond motifs is 3. The Morgan fingerprint density at radius 3 is 0.990 bits per heavy atom. The van der Waals surface area contributed by atoms with Gasteiger partial charge in [-0.1, -0.05) is 0 Å². The lowest BCUT2D eigenvalue weighted by molar-refractivity contribution is -0.141. The van der Waals surface area contributed by atoms with Crippen molar-refractivity contribution in [3.05, 3.63) is 164 Å². The standard InChI is InChI=1S/3C22H18F2N6O4S/c3*1-35-12-3-4-17(34-22(23)24)13(9-12)18-15(11-30(28-18)16-5-8-33-21(16)32)27-20(31)14-10-26-29-7-2-6-25-19(14)29/h3*2-4,6-7,9-11,16,22H,5,8H2,1H3,(H,27,31)/t2*16-;/m10./s1. The topological polar surface area (TPSA) is 338 Å². The molecule has 0 saturated carbocycles. The van der Waals surface area contributed by atoms with Gasteiger partial charge in [-0.25, -0.2) is 42.9 Å². The smallest absolute Gasteiger partial charge is 0.387 e. The fraction of sp³-hybridized carbons (Fsp3) is 0.227. The van der Waals surface area contributed by atoms with Crippen LogP contribution in [0, 0.1) is 0 Å². The number of anilines is 3. The van der Waals surface area contributed by atoms with E-state index in [4.69, 9.17) is 28.4 Å². The zero-order chi connectivity index (χ0) is 73.6. The molecular weight excluding hydrogens is 1450 g/mol. The predicted molar refractivity (Wildman–Crippen MR) is 365 cm³/mol. The molecule has 3 saturated heterocycles. The first-order valence-corrected chi connectivity index (χ1v) is 35.0. The number of rotatable bonds is 21. The molecule has 105 heavy (non-hydrogen) atoms. The third-order valence-electron chi connectivity index (χ3n) is 16.2. The molecule has 39 heteroatoms. The maximum atomic E-state index is 13.2. The molecule has 12 aromatic rings. The van der Waals surface area contributed by atoms with E-state index in [1.54, 1.807) is 73.2 Å². The number of esters is 3. The zero-order valence-corrected chi connectivity index (χ0v) is 57.1. The average Bonchev–Trinajstić information content (AvgIpc) is 1.65. The number of carbonyl (C=O) groups is 6. The van der Waals surface area contributed by atoms with Crippen LogP contribution in [0.3, 0.4) is 0 Å². The molecule has 30 nitrogen and oxygen atoms in total. The normalized spacial score (nSPS) is 15.5. The van der Waals surface area contributed by atoms with E-state index in [-0.39, 0.29) is 105 Å². The maximum Gasteiger partial charge on any atom is 0.387 e. The molecule has 540 valence electrons. The Balaban J connectivity index is 0.000000140. The van der Waals surface area contributed by atoms with Crippen LogP contribution >= 0.6 is 35.3 Å². The zero-order valence-electron chi connectivity index (χ0n) is 54.7. The molecule has 1 unspecified atom stereocenters. The summed E-state index contributed by atoms with van der Waals surface area (Å²) in [5.41, 5.74) is 3.38. The second-order valence-corrected chi connectivity index (χ2v) is 25.1. The number of nitrogens with one attached hydrogen (secondary N) is 3. The van der Waals surface area contributed by atoms with Crippen LogP contribution in [0.1, 0.15) is 68.5 Å². The molecule has 3 N–H and O–H groups in total. The van der Waals surface area contributed by atoms with Gasteiger partial charge in [-0.3, -0.25) is 28.4 Å². The predicted octanol–water partition coefficient (Wildman–Crippen LogP) is 11.0. The van der Waals surface area contributed by atoms with Crippen molar-refractivity contribution in [2.24, 2.45) is 0 Å². The monoisotopic (exact) mass is 1500 g/mol. The van der Waals surface area contributed by atoms with Gasteiger partial charge in [0.1, 0.15) is 51.0 Å². The van der Waals surface area contributed by atoms with Crippen molar-refractivity contribution in [1.82, 2.24) is 73.1 Å². The van der Waals surface area contributed by atoms with Crippen LogP contribution in [0.15, 0.2) is 162 Å². The van der Waals surface area contributed by atoms with Crippen molar-refractivity contribution >= 4 is 105 Å². The van der Waals surface area contributed by atoms with Gasteiger partial charge in [0.25, 0.3) is 17.7 Å². The number of cyclic esters (lactones) is 3. The summed E-state index contributed by atoms with van der Waals surface area (Å²) >= 11 is 4.20. The number of carbonyl (C=O) groups excluding carboxylic acids is 6. The molecule has 3 aliphatic heterocycles. The second kappa shape index (κ2) is 31.3. The summed E-state index contributed by atoms with van der Waals surface area (Å²) in [7, 11) is 0. The Morgan fingerprint density at radius 2 is 0.743 bits per heavy atom. The number of thioether (sulfide) groups is 3. The quantitative estimate of drug-likeness (QED) is 0.0260. The van der Waals surface area contributed by atoms with E-state index in [9.17, 15) is 55.1 Å². The van der Waals surface area contributed by atoms with Gasteiger partial charge in [0.15, 0.2) is 35.1 Å². The lowest BCUT2D eigenvalue weighted by Crippen LogP contribution is -2.15. The summed E-state index contributed by atoms with van der Waals surface area (Å²) in [6, 6.07) is 17.0. The highest BCUT2D eigenvalue weighted by molar-refractivity contribution is 7.99. The van der Waals surface area contributed by atoms with Gasteiger partial charge in [0, 0.05) is 87.8 Å². The Bertz CT molecular complexity index is 4770. The number of benzene rings is 3. The second-order valence-electron chi connectivity index (χ2n) is 22.5. The Kier molecular flexibility index (Phi) is 21.3. The molecule has 0 radical (unpaired) electrons. The number of hydrogen-bond donors (Lipinski definition) is 3. The first kappa shape index (κ1) is 71.4. The van der Waals surface area contributed by atoms with E-state index in [1.165, 1.54) is 137 Å². The van der Waals surface area contributed by atoms with Crippen molar-refractivity contribution < 1.29 is 83.5 Å². The summed E-state index contributed by atoms with van der Waals surface area (Å²) < 4.78 is 117. The average molecular weight is 1500 g/mol. The van der Waals surface area contributed by atoms with Crippen LogP contribution in [-0.2, 0) is 28.6 Å². The van der Waals surface area contributed by atoms with Crippen molar-refractivity contribution in [1.29, 1.82) is 0 Å². The summed E-state index contributed by atoms with van der Waals surface area (Å²) in [6.45, 7) is -8.50. The molecule has 15 rings (SSSR count). The van der Waals surface area contributed by atoms with Crippen molar-refractivity contribution in [3.8, 4) is 51.0 Å². The van der Waals surface area contributed by atoms with Crippen molar-refractivity contribution in [2.75, 3.05) is 54.5 Å². The molecule has 3 amide bonds. The van der Waals surface area contributed by atoms with E-state index in [0.717, 1.165) is 14.7 Å². The van der Waals surface area contributed by atoms with Crippen LogP contribution in [0.4, 0.5) is 43.4 Å². The van der Waals surface area contributed by atoms with Gasteiger partial charge in [-0.15, -0.1) is 35.3 Å². The highest BCUT2D eigenvalue weighted by Gasteiger charge is 2.35. The van der Waals surface area contributed by atoms with Gasteiger partial charge < -0.3 is 44.4 Å². The summed E-state index contributed by atoms with van der Waals surface area (Å²) in [5.74, 6) is -3.37. The number of amides is 3. The Hall–Kier alpha value is -12.0. The van der Waals surface area contributed by atoms with E-state index < -0.39 is 73.6 Å². The van der Waals surface area contributed by atoms with Crippen molar-refractivity contribution in [2.45, 2.75) is 71.9 Å². The highest BCUT2D eigenvalue weighted by Crippen LogP contribution is 2.43. The van der Waals surface area contributed by atoms with Gasteiger partial charge in [-0.05, 0) is 91.6 Å². The van der Waals surface area contributed by atoms with E-state index in [0.29, 0.717) is 36.2 Å². The highest BCUT2D eigenvalue weighted by atomic mass is 32.2. The minimum atomic E-state index is -3.07. The minimum absolute atomic E-state index is 0.120. The molecule has 3 fully saturated rings. The summed E-state index contributed by atoms with van der Waals surface area (Å²) in [6.07, 6.45) is 24.7. The van der Waals surface area contributed by atoms with Gasteiger partial charge >= 0.3 is 37.7 Å². The molecule has 0 bridgehead atoms. The molecule has 12 heterocycles. The first-order chi connectivity index (χ1) is 50.8. The van der Waals surface area contributed by atoms with Gasteiger partial charge in [0.2, 0.25) is 0 Å². The molecule has 3 aromatic carbocycles. The van der Waals surface area contributed by atoms with Crippen LogP contribution in [0.5, 0.6) is 17.2 Å². The number of aromatic nitrogens is 15. The van der Waals surface area contributed by atoms with Gasteiger partial charge in [-0.2, -0.15) is 56.9 Å². The molecular formula is C66H54F6N18O12S3. The van der Waals surface area contributed by atoms with Crippen LogP contribution in [-0.4, -0.2) is 167 Å². The lowest BCUT2D eigenvalue weighted by Gasteiger charge is -2.12. The molecule has 0 aliphatic carbocycles. The summed E-state index contributed by atoms with van der Waals surface area (Å²) in [4.78, 5) is 90.9. The number of hydrogen-bond acceptors (Lipinski definition) is 24. The molecule has 3 atom stereocenters. The molecule has 3 aliphatic rings. The number of nitrogens with zero attached hydrogens (tertiary/aromatic N) is 15. The minimum Gasteiger partial charge on any atom is -0.464 e. The van der Waals surface area contributed by atoms with Crippen LogP contribution in [0.2, 0.25) is 0 Å². The fourth-order valence-electron chi connectivity index (χ4n) is 11.3. The molecule has 0 spiro atoms. The van der Waals surface area contributed by atoms with E-state index in [1.807, 2.05) is 18.8 Å². The SMILES string of the molecule is CSc1ccc(OC(F)F)c(-c2nn(C3CCOC3=O)cc2NC(=O)c2cnn3cccnc23)c1.CSc1ccc(OC(F)F)c(-c2nn([C@@H]3CCOC3=O)cc2NC(=O)c2cnn3cccnc23)c1.CSc1ccc(OC(F)F)c(-c2nn([C@H]3CCOC3=O)cc2NC(=O)c2cnn3cccnc23)c1. The number of ether oxygens (including phenoxy) is 6. The largest absolute Gasteiger partial charge is 0.464 e. The first-order valence-electron chi connectivity index (χ1n) is 31.3. The van der Waals surface area contributed by atoms with E-state index in [2.05, 4.69) is 61.5 Å².